The van der Waals surface area contributed by atoms with Crippen LogP contribution in [0, 0.1) is 51.0 Å². The maximum absolute atomic E-state index is 15.6. The second kappa shape index (κ2) is 28.2. The van der Waals surface area contributed by atoms with Gasteiger partial charge in [0.25, 0.3) is 0 Å². The molecule has 6 heterocycles. The largest absolute Gasteiger partial charge is 0.511 e. The lowest BCUT2D eigenvalue weighted by Crippen LogP contribution is -2.65. The van der Waals surface area contributed by atoms with Gasteiger partial charge in [-0.3, -0.25) is 24.5 Å². The number of ketones is 1. The first kappa shape index (κ1) is 70.7. The third-order valence-corrected chi connectivity index (χ3v) is 21.7. The molecule has 518 valence electrons. The molecule has 1 saturated carbocycles. The molecule has 6 aliphatic heterocycles. The molecule has 26 heteroatoms. The Labute approximate surface area is 542 Å². The molecule has 1 amide bonds. The van der Waals surface area contributed by atoms with Crippen LogP contribution in [-0.4, -0.2) is 197 Å². The van der Waals surface area contributed by atoms with Gasteiger partial charge in [-0.05, 0) is 109 Å². The number of hydrogen-bond donors (Lipinski definition) is 5. The number of allylic oxidation sites excluding steroid dienone is 3. The molecule has 10 aliphatic rings. The average Bonchev–Trinajstić information content (AvgIpc) is 1.68. The zero-order chi connectivity index (χ0) is 67.5. The maximum Gasteiger partial charge on any atom is 0.407 e. The molecule has 29 atom stereocenters. The summed E-state index contributed by atoms with van der Waals surface area (Å²) in [5, 5.41) is 62.0. The maximum atomic E-state index is 15.6. The molecule has 4 aliphatic carbocycles. The van der Waals surface area contributed by atoms with Gasteiger partial charge in [0.05, 0.1) is 86.6 Å². The van der Waals surface area contributed by atoms with Crippen molar-refractivity contribution in [2.24, 2.45) is 40.9 Å². The van der Waals surface area contributed by atoms with Crippen LogP contribution in [-0.2, 0) is 80.8 Å². The van der Waals surface area contributed by atoms with Crippen LogP contribution >= 0.6 is 0 Å². The Kier molecular flexibility index (Phi) is 21.4. The highest BCUT2D eigenvalue weighted by molar-refractivity contribution is 6.27. The topological polar surface area (TPSA) is 341 Å². The number of esters is 2. The molecule has 5 N–H and O–H groups in total. The molecule has 2 bridgehead atoms. The number of aliphatic hydroxyl groups is 4. The minimum Gasteiger partial charge on any atom is -0.511 e. The lowest BCUT2D eigenvalue weighted by atomic mass is 9.49. The SMILES string of the molecule is COC(=O)N[C@H]1[C@@H](C)O[C@@H](O[C@H]2C/C=C(/C)[C@@H]3C=C[C@@H]4[C@@H](O[C@H]5C[C@@H](O[C@H]6CC[C@@H](O[C@H]7C[C@@H](O)[C@@H](O[C@H]8CC[C@@H](O)[C@H](C)O8)[C@H](C)O7)[C@H](C)O6)[C@@H](OC(C)=O)[C@H](C)O5)[C@@H](C)C[C@H](C)[C@H]4[C@]3(C)/C(O)=C3\C(=O)OC4(C=C(C=O)C[C@H](O)[C@H]4C=C2C)C3=O)C[C@]1(C)[N+](=O)[O-]. The molecular weight excluding hydrogens is 1220 g/mol. The summed E-state index contributed by atoms with van der Waals surface area (Å²) in [5.41, 5.74) is -5.03. The number of aldehydes is 1. The number of nitrogens with zero attached hydrogens (tertiary/aromatic N) is 1. The Morgan fingerprint density at radius 2 is 1.35 bits per heavy atom. The van der Waals surface area contributed by atoms with Gasteiger partial charge in [0.1, 0.15) is 35.9 Å². The fourth-order valence-electron chi connectivity index (χ4n) is 16.9. The fourth-order valence-corrected chi connectivity index (χ4v) is 16.9. The summed E-state index contributed by atoms with van der Waals surface area (Å²) in [6.45, 7) is 21.0. The predicted octanol–water partition coefficient (Wildman–Crippen LogP) is 6.36. The van der Waals surface area contributed by atoms with E-state index in [0.717, 1.165) is 7.11 Å². The van der Waals surface area contributed by atoms with Crippen molar-refractivity contribution in [2.75, 3.05) is 7.11 Å². The van der Waals surface area contributed by atoms with E-state index in [9.17, 15) is 49.7 Å². The minimum absolute atomic E-state index is 0.00196. The number of fused-ring (bicyclic) bond motifs is 4. The van der Waals surface area contributed by atoms with E-state index in [1.165, 1.54) is 19.9 Å². The normalized spacial score (nSPS) is 47.6. The average molecular weight is 1310 g/mol. The molecule has 1 unspecified atom stereocenters. The van der Waals surface area contributed by atoms with Crippen LogP contribution in [0.2, 0.25) is 0 Å². The third-order valence-electron chi connectivity index (χ3n) is 21.7. The van der Waals surface area contributed by atoms with Crippen molar-refractivity contribution in [3.63, 3.8) is 0 Å². The summed E-state index contributed by atoms with van der Waals surface area (Å²) in [5.74, 6) is -6.54. The van der Waals surface area contributed by atoms with Crippen LogP contribution < -0.4 is 5.32 Å². The van der Waals surface area contributed by atoms with Gasteiger partial charge in [-0.1, -0.05) is 50.6 Å². The van der Waals surface area contributed by atoms with Crippen LogP contribution in [0.5, 0.6) is 0 Å². The Balaban J connectivity index is 0.906. The second-order valence-corrected chi connectivity index (χ2v) is 28.2. The number of hydrogen-bond acceptors (Lipinski definition) is 24. The van der Waals surface area contributed by atoms with Gasteiger partial charge in [-0.15, -0.1) is 0 Å². The van der Waals surface area contributed by atoms with Crippen molar-refractivity contribution in [2.45, 2.75) is 281 Å². The highest BCUT2D eigenvalue weighted by Crippen LogP contribution is 2.61. The third kappa shape index (κ3) is 14.0. The number of Topliss-reactive ketones (excluding diaryl/α,β-unsaturated/α-hetero) is 1. The zero-order valence-electron chi connectivity index (χ0n) is 55.4. The Hall–Kier alpha value is -5.07. The second-order valence-electron chi connectivity index (χ2n) is 28.2. The van der Waals surface area contributed by atoms with E-state index >= 15 is 4.79 Å². The van der Waals surface area contributed by atoms with Gasteiger partial charge in [0.15, 0.2) is 37.6 Å². The van der Waals surface area contributed by atoms with Crippen molar-refractivity contribution in [3.8, 4) is 0 Å². The number of carbonyl (C=O) groups is 5. The van der Waals surface area contributed by atoms with Crippen molar-refractivity contribution in [3.05, 3.63) is 68.5 Å². The van der Waals surface area contributed by atoms with E-state index in [-0.39, 0.29) is 49.5 Å². The molecule has 0 aromatic rings. The van der Waals surface area contributed by atoms with Gasteiger partial charge in [0, 0.05) is 68.1 Å². The number of amides is 1. The molecule has 0 aromatic heterocycles. The monoisotopic (exact) mass is 1310 g/mol. The van der Waals surface area contributed by atoms with Crippen molar-refractivity contribution < 1.29 is 111 Å². The molecule has 93 heavy (non-hydrogen) atoms. The van der Waals surface area contributed by atoms with Crippen molar-refractivity contribution >= 4 is 30.1 Å². The molecular formula is C67H96N2O24. The highest BCUT2D eigenvalue weighted by Gasteiger charge is 2.65. The van der Waals surface area contributed by atoms with Crippen molar-refractivity contribution in [1.82, 2.24) is 5.32 Å². The standard InChI is InChI=1S/C67H96N2O24/c1-30-14-18-47(88-54-28-65(11,69(79)80)60(38(9)86-54)68-64(78)81-13)31(2)23-43-45(73)24-40(29-70)27-67(43)62(76)55(63(77)93-67)61(75)66(12)42(30)16-15-41-56(66)32(3)22-33(4)57(41)92-53-26-49(59(37(8)85-53)87-39(10)71)90-50-21-19-48(35(6)83-50)89-52-25-46(74)58(36(7)84-52)91-51-20-17-44(72)34(5)82-51/h14-16,23,27,29,32-38,41-54,56-60,72-75H,17-22,24-26,28H2,1-13H3,(H,68,78)/b30-14-,31-23?,61-55+/t32-,33-,34-,35-,36-,37-,38+,41-,42-,43+,44+,45-,46+,47-,48+,49+,50-,51-,52-,53-,54-,56+,57-,58-,59-,60-,65-,66+,67?/m0/s1. The molecule has 1 spiro atoms. The Morgan fingerprint density at radius 1 is 0.720 bits per heavy atom. The lowest BCUT2D eigenvalue weighted by Gasteiger charge is -2.56. The number of nitrogens with one attached hydrogen (secondary N) is 1. The molecule has 0 radical (unpaired) electrons. The first-order valence-electron chi connectivity index (χ1n) is 33.1. The smallest absolute Gasteiger partial charge is 0.407 e. The van der Waals surface area contributed by atoms with Gasteiger partial charge in [-0.2, -0.15) is 0 Å². The summed E-state index contributed by atoms with van der Waals surface area (Å²) in [7, 11) is 1.15. The molecule has 6 saturated heterocycles. The lowest BCUT2D eigenvalue weighted by molar-refractivity contribution is -0.584. The molecule has 26 nitrogen and oxygen atoms in total. The highest BCUT2D eigenvalue weighted by atomic mass is 16.8. The van der Waals surface area contributed by atoms with Crippen LogP contribution in [0.1, 0.15) is 147 Å². The van der Waals surface area contributed by atoms with Crippen LogP contribution in [0.4, 0.5) is 4.79 Å². The van der Waals surface area contributed by atoms with Crippen molar-refractivity contribution in [1.29, 1.82) is 0 Å². The number of methoxy groups -OCH3 is 1. The zero-order valence-corrected chi connectivity index (χ0v) is 55.4. The molecule has 7 fully saturated rings. The van der Waals surface area contributed by atoms with E-state index in [2.05, 4.69) is 25.2 Å². The number of rotatable bonds is 14. The Bertz CT molecular complexity index is 2960. The number of nitro groups is 1. The summed E-state index contributed by atoms with van der Waals surface area (Å²) in [4.78, 5) is 80.4. The van der Waals surface area contributed by atoms with E-state index < -0.39 is 203 Å². The number of carbonyl (C=O) groups excluding carboxylic acids is 5. The van der Waals surface area contributed by atoms with Crippen LogP contribution in [0.15, 0.2) is 58.4 Å². The fraction of sp³-hybridized carbons (Fsp3) is 0.776. The van der Waals surface area contributed by atoms with Gasteiger partial charge >= 0.3 is 18.0 Å². The summed E-state index contributed by atoms with van der Waals surface area (Å²) in [6.07, 6.45) is -3.96. The first-order valence-corrected chi connectivity index (χ1v) is 33.1. The minimum atomic E-state index is -2.29. The predicted molar refractivity (Wildman–Crippen MR) is 325 cm³/mol. The molecule has 10 rings (SSSR count). The first-order chi connectivity index (χ1) is 43.9. The van der Waals surface area contributed by atoms with Crippen LogP contribution in [0.25, 0.3) is 0 Å². The van der Waals surface area contributed by atoms with E-state index in [1.807, 2.05) is 39.8 Å². The molecule has 0 aromatic carbocycles. The number of alkyl carbamates (subject to hydrolysis) is 1. The van der Waals surface area contributed by atoms with Crippen LogP contribution in [0.3, 0.4) is 0 Å². The number of ether oxygens (including phenoxy) is 13. The summed E-state index contributed by atoms with van der Waals surface area (Å²) < 4.78 is 81.5. The van der Waals surface area contributed by atoms with Gasteiger partial charge in [-0.25, -0.2) is 9.59 Å². The Morgan fingerprint density at radius 3 is 2.01 bits per heavy atom. The van der Waals surface area contributed by atoms with E-state index in [4.69, 9.17) is 61.6 Å². The quantitative estimate of drug-likeness (QED) is 0.0240. The summed E-state index contributed by atoms with van der Waals surface area (Å²) in [6, 6.07) is -1.12. The van der Waals surface area contributed by atoms with E-state index in [0.29, 0.717) is 49.5 Å². The van der Waals surface area contributed by atoms with E-state index in [1.54, 1.807) is 33.8 Å². The van der Waals surface area contributed by atoms with Gasteiger partial charge in [0.2, 0.25) is 16.9 Å². The summed E-state index contributed by atoms with van der Waals surface area (Å²) >= 11 is 0. The number of aliphatic hydroxyl groups excluding tert-OH is 4. The van der Waals surface area contributed by atoms with Gasteiger partial charge < -0.3 is 87.3 Å².